The number of para-hydroxylation sites is 3. The first-order valence-electron chi connectivity index (χ1n) is 19.5. The molecule has 5 nitrogen and oxygen atoms in total. The summed E-state index contributed by atoms with van der Waals surface area (Å²) >= 11 is 1.90. The molecule has 0 radical (unpaired) electrons. The maximum absolute atomic E-state index is 5.43. The summed E-state index contributed by atoms with van der Waals surface area (Å²) in [4.78, 5) is 12.2. The van der Waals surface area contributed by atoms with E-state index >= 15 is 0 Å². The van der Waals surface area contributed by atoms with Crippen LogP contribution in [0.5, 0.6) is 0 Å². The van der Waals surface area contributed by atoms with Crippen LogP contribution in [0.15, 0.2) is 192 Å². The molecule has 270 valence electrons. The zero-order valence-electron chi connectivity index (χ0n) is 30.9. The summed E-state index contributed by atoms with van der Waals surface area (Å²) in [7, 11) is 0. The molecule has 1 aliphatic heterocycles. The second-order valence-electron chi connectivity index (χ2n) is 14.9. The molecule has 0 amide bonds. The van der Waals surface area contributed by atoms with E-state index in [1.54, 1.807) is 0 Å². The normalized spacial score (nSPS) is 16.8. The zero-order chi connectivity index (χ0) is 37.5. The standard InChI is InChI=1S/C51H35N5S/c1-4-16-32(17-5-1)49-52-50(33-18-6-2-7-19-33)54-51(53-49)41-28-35(29-47-48(41)38-24-12-15-27-46(38)57-47)56-43-26-14-11-23-37(43)40-30-44-39(31-45(40)56)36-22-10-13-25-42(36)55(44)34-20-8-3-9-21-34/h1-28,30-31,35,49H,29H2,(H,52,53,54). The SMILES string of the molecule is C1=C(C2=NC(c3ccccc3)NC(c3ccccc3)=N2)c2c(sc3ccccc23)CC1n1c2ccccc2c2cc3c(cc21)c1ccccc1n3-c1ccccc1. The summed E-state index contributed by atoms with van der Waals surface area (Å²) in [5.41, 5.74) is 10.5. The Morgan fingerprint density at radius 3 is 1.96 bits per heavy atom. The van der Waals surface area contributed by atoms with E-state index < -0.39 is 0 Å². The summed E-state index contributed by atoms with van der Waals surface area (Å²) < 4.78 is 6.29. The minimum atomic E-state index is -0.285. The van der Waals surface area contributed by atoms with E-state index in [-0.39, 0.29) is 12.2 Å². The van der Waals surface area contributed by atoms with Gasteiger partial charge in [-0.1, -0.05) is 133 Å². The van der Waals surface area contributed by atoms with Gasteiger partial charge in [0.2, 0.25) is 0 Å². The van der Waals surface area contributed by atoms with Crippen LogP contribution in [0.25, 0.3) is 65.0 Å². The third-order valence-electron chi connectivity index (χ3n) is 11.7. The van der Waals surface area contributed by atoms with Gasteiger partial charge in [0, 0.05) is 70.8 Å². The summed E-state index contributed by atoms with van der Waals surface area (Å²) in [5, 5.41) is 9.94. The highest BCUT2D eigenvalue weighted by Gasteiger charge is 2.32. The Labute approximate surface area is 333 Å². The van der Waals surface area contributed by atoms with Gasteiger partial charge in [-0.2, -0.15) is 0 Å². The van der Waals surface area contributed by atoms with Gasteiger partial charge in [-0.15, -0.1) is 11.3 Å². The molecule has 3 aromatic heterocycles. The van der Waals surface area contributed by atoms with Gasteiger partial charge in [0.1, 0.15) is 12.0 Å². The Balaban J connectivity index is 1.12. The van der Waals surface area contributed by atoms with Crippen LogP contribution < -0.4 is 5.32 Å². The average molecular weight is 750 g/mol. The van der Waals surface area contributed by atoms with E-state index in [4.69, 9.17) is 9.98 Å². The van der Waals surface area contributed by atoms with Crippen LogP contribution in [0, 0.1) is 0 Å². The predicted molar refractivity (Wildman–Crippen MR) is 239 cm³/mol. The van der Waals surface area contributed by atoms with Crippen molar-refractivity contribution in [2.24, 2.45) is 9.98 Å². The molecule has 0 saturated carbocycles. The summed E-state index contributed by atoms with van der Waals surface area (Å²) in [6.45, 7) is 0. The molecule has 1 aliphatic carbocycles. The third-order valence-corrected chi connectivity index (χ3v) is 12.9. The van der Waals surface area contributed by atoms with Crippen LogP contribution in [-0.4, -0.2) is 20.8 Å². The van der Waals surface area contributed by atoms with Crippen molar-refractivity contribution in [2.45, 2.75) is 18.6 Å². The minimum absolute atomic E-state index is 0.0195. The molecule has 2 atom stereocenters. The van der Waals surface area contributed by atoms with E-state index in [0.29, 0.717) is 0 Å². The molecule has 1 N–H and O–H groups in total. The Kier molecular flexibility index (Phi) is 7.22. The number of amidine groups is 2. The number of nitrogens with one attached hydrogen (secondary N) is 1. The summed E-state index contributed by atoms with van der Waals surface area (Å²) in [6.07, 6.45) is 3.05. The number of nitrogens with zero attached hydrogens (tertiary/aromatic N) is 4. The van der Waals surface area contributed by atoms with Gasteiger partial charge in [-0.05, 0) is 54.1 Å². The second-order valence-corrected chi connectivity index (χ2v) is 16.1. The highest BCUT2D eigenvalue weighted by Crippen LogP contribution is 2.46. The fraction of sp³-hybridized carbons (Fsp3) is 0.0588. The maximum Gasteiger partial charge on any atom is 0.159 e. The lowest BCUT2D eigenvalue weighted by Gasteiger charge is -2.28. The molecule has 7 aromatic carbocycles. The smallest absolute Gasteiger partial charge is 0.159 e. The van der Waals surface area contributed by atoms with Crippen molar-refractivity contribution in [1.82, 2.24) is 14.5 Å². The molecule has 0 bridgehead atoms. The number of hydrogen-bond donors (Lipinski definition) is 1. The minimum Gasteiger partial charge on any atom is -0.344 e. The molecular weight excluding hydrogens is 715 g/mol. The molecule has 0 saturated heterocycles. The van der Waals surface area contributed by atoms with Crippen molar-refractivity contribution in [3.05, 3.63) is 204 Å². The first kappa shape index (κ1) is 32.2. The van der Waals surface area contributed by atoms with Crippen molar-refractivity contribution in [2.75, 3.05) is 0 Å². The van der Waals surface area contributed by atoms with Crippen molar-refractivity contribution in [3.63, 3.8) is 0 Å². The lowest BCUT2D eigenvalue weighted by Crippen LogP contribution is -2.34. The van der Waals surface area contributed by atoms with Gasteiger partial charge in [0.05, 0.1) is 22.6 Å². The first-order chi connectivity index (χ1) is 28.3. The van der Waals surface area contributed by atoms with Gasteiger partial charge in [-0.3, -0.25) is 0 Å². The number of aliphatic imine (C=N–C) groups is 2. The van der Waals surface area contributed by atoms with Crippen LogP contribution in [0.1, 0.15) is 33.8 Å². The van der Waals surface area contributed by atoms with Crippen LogP contribution in [0.3, 0.4) is 0 Å². The van der Waals surface area contributed by atoms with Gasteiger partial charge >= 0.3 is 0 Å². The number of rotatable bonds is 5. The predicted octanol–water partition coefficient (Wildman–Crippen LogP) is 12.4. The summed E-state index contributed by atoms with van der Waals surface area (Å²) in [6, 6.07) is 63.1. The maximum atomic E-state index is 5.43. The number of benzene rings is 7. The van der Waals surface area contributed by atoms with Crippen LogP contribution in [0.4, 0.5) is 0 Å². The van der Waals surface area contributed by atoms with E-state index in [2.05, 4.69) is 190 Å². The van der Waals surface area contributed by atoms with E-state index in [1.807, 2.05) is 17.4 Å². The van der Waals surface area contributed by atoms with Crippen LogP contribution in [-0.2, 0) is 6.42 Å². The van der Waals surface area contributed by atoms with Crippen molar-refractivity contribution >= 4 is 82.3 Å². The Morgan fingerprint density at radius 2 is 1.18 bits per heavy atom. The molecule has 2 unspecified atom stereocenters. The van der Waals surface area contributed by atoms with Gasteiger partial charge in [0.15, 0.2) is 5.84 Å². The second kappa shape index (κ2) is 12.8. The Morgan fingerprint density at radius 1 is 0.561 bits per heavy atom. The zero-order valence-corrected chi connectivity index (χ0v) is 31.7. The topological polar surface area (TPSA) is 46.6 Å². The molecule has 6 heteroatoms. The van der Waals surface area contributed by atoms with Crippen molar-refractivity contribution in [1.29, 1.82) is 0 Å². The number of thiophene rings is 1. The van der Waals surface area contributed by atoms with E-state index in [0.717, 1.165) is 40.5 Å². The lowest BCUT2D eigenvalue weighted by molar-refractivity contribution is 0.640. The highest BCUT2D eigenvalue weighted by atomic mass is 32.1. The number of fused-ring (bicyclic) bond motifs is 9. The number of allylic oxidation sites excluding steroid dienone is 1. The van der Waals surface area contributed by atoms with Gasteiger partial charge in [0.25, 0.3) is 0 Å². The molecule has 0 fully saturated rings. The Hall–Kier alpha value is -7.02. The van der Waals surface area contributed by atoms with Crippen molar-refractivity contribution < 1.29 is 0 Å². The van der Waals surface area contributed by atoms with Gasteiger partial charge in [-0.25, -0.2) is 9.98 Å². The molecule has 12 rings (SSSR count). The monoisotopic (exact) mass is 749 g/mol. The molecular formula is C51H35N5S. The lowest BCUT2D eigenvalue weighted by atomic mass is 9.90. The highest BCUT2D eigenvalue weighted by molar-refractivity contribution is 7.19. The average Bonchev–Trinajstić information content (AvgIpc) is 3.93. The van der Waals surface area contributed by atoms with Crippen LogP contribution in [0.2, 0.25) is 0 Å². The first-order valence-corrected chi connectivity index (χ1v) is 20.4. The number of hydrogen-bond acceptors (Lipinski definition) is 4. The number of aromatic nitrogens is 2. The Bertz CT molecular complexity index is 3290. The summed E-state index contributed by atoms with van der Waals surface area (Å²) in [5.74, 6) is 1.58. The molecule has 2 aliphatic rings. The van der Waals surface area contributed by atoms with Gasteiger partial charge < -0.3 is 14.5 Å². The molecule has 10 aromatic rings. The third kappa shape index (κ3) is 5.07. The van der Waals surface area contributed by atoms with E-state index in [1.165, 1.54) is 64.1 Å². The van der Waals surface area contributed by atoms with Crippen molar-refractivity contribution in [3.8, 4) is 5.69 Å². The largest absolute Gasteiger partial charge is 0.344 e. The van der Waals surface area contributed by atoms with E-state index in [9.17, 15) is 0 Å². The fourth-order valence-electron chi connectivity index (χ4n) is 9.20. The van der Waals surface area contributed by atoms with Crippen LogP contribution >= 0.6 is 11.3 Å². The molecule has 0 spiro atoms. The fourth-order valence-corrected chi connectivity index (χ4v) is 10.5. The quantitative estimate of drug-likeness (QED) is 0.187. The molecule has 4 heterocycles. The molecule has 57 heavy (non-hydrogen) atoms.